The summed E-state index contributed by atoms with van der Waals surface area (Å²) in [6.07, 6.45) is 0. The second-order valence-electron chi connectivity index (χ2n) is 3.51. The van der Waals surface area contributed by atoms with Gasteiger partial charge in [-0.2, -0.15) is 4.57 Å². The van der Waals surface area contributed by atoms with Gasteiger partial charge in [-0.25, -0.2) is 4.79 Å². The molecule has 4 nitrogen and oxygen atoms in total. The zero-order valence-electron chi connectivity index (χ0n) is 9.06. The van der Waals surface area contributed by atoms with E-state index in [1.807, 2.05) is 6.07 Å². The molecule has 0 amide bonds. The van der Waals surface area contributed by atoms with Crippen molar-refractivity contribution in [2.45, 2.75) is 6.92 Å². The minimum Gasteiger partial charge on any atom is -0.822 e. The molecule has 0 radical (unpaired) electrons. The van der Waals surface area contributed by atoms with Crippen LogP contribution in [-0.2, 0) is 7.05 Å². The molecule has 4 heteroatoms. The highest BCUT2D eigenvalue weighted by molar-refractivity contribution is 5.64. The Hall–Kier alpha value is -2.10. The normalized spacial score (nSPS) is 10.4. The van der Waals surface area contributed by atoms with Crippen LogP contribution in [0.2, 0.25) is 0 Å². The van der Waals surface area contributed by atoms with E-state index >= 15 is 0 Å². The lowest BCUT2D eigenvalue weighted by molar-refractivity contribution is -0.728. The number of aromatic nitrogens is 1. The van der Waals surface area contributed by atoms with Crippen molar-refractivity contribution in [2.24, 2.45) is 7.05 Å². The first kappa shape index (κ1) is 10.4. The van der Waals surface area contributed by atoms with Crippen molar-refractivity contribution in [1.82, 2.24) is 0 Å². The van der Waals surface area contributed by atoms with Crippen LogP contribution in [0, 0.1) is 6.92 Å². The second kappa shape index (κ2) is 3.81. The topological polar surface area (TPSA) is 57.1 Å². The molecule has 0 saturated carbocycles. The van der Waals surface area contributed by atoms with Crippen molar-refractivity contribution in [2.75, 3.05) is 0 Å². The van der Waals surface area contributed by atoms with Crippen LogP contribution in [0.15, 0.2) is 39.5 Å². The molecule has 0 saturated heterocycles. The van der Waals surface area contributed by atoms with Crippen molar-refractivity contribution in [3.8, 4) is 17.0 Å². The van der Waals surface area contributed by atoms with E-state index < -0.39 is 5.63 Å². The monoisotopic (exact) mass is 217 g/mol. The summed E-state index contributed by atoms with van der Waals surface area (Å²) < 4.78 is 6.30. The van der Waals surface area contributed by atoms with E-state index in [0.717, 1.165) is 0 Å². The van der Waals surface area contributed by atoms with Gasteiger partial charge in [-0.05, 0) is 5.56 Å². The van der Waals surface area contributed by atoms with E-state index in [-0.39, 0.29) is 11.4 Å². The predicted octanol–water partition coefficient (Wildman–Crippen LogP) is 0.513. The van der Waals surface area contributed by atoms with Gasteiger partial charge in [0.05, 0.1) is 6.92 Å². The summed E-state index contributed by atoms with van der Waals surface area (Å²) in [6, 6.07) is 8.79. The SMILES string of the molecule is Cc1oc(=O)c(-c2ccccc2)c([O-])[n+]1C. The van der Waals surface area contributed by atoms with Gasteiger partial charge < -0.3 is 9.52 Å². The molecular formula is C12H11NO3. The smallest absolute Gasteiger partial charge is 0.353 e. The Balaban J connectivity index is 2.76. The summed E-state index contributed by atoms with van der Waals surface area (Å²) >= 11 is 0. The maximum atomic E-state index is 11.9. The van der Waals surface area contributed by atoms with Crippen LogP contribution in [0.1, 0.15) is 5.89 Å². The third-order valence-electron chi connectivity index (χ3n) is 2.50. The third kappa shape index (κ3) is 1.58. The molecule has 0 aliphatic heterocycles. The molecule has 0 bridgehead atoms. The molecule has 0 unspecified atom stereocenters. The van der Waals surface area contributed by atoms with E-state index in [0.29, 0.717) is 11.5 Å². The molecular weight excluding hydrogens is 206 g/mol. The standard InChI is InChI=1S/C12H11NO3/c1-8-13(2)11(14)10(12(15)16-8)9-6-4-3-5-7-9/h3-7H,1-2H3. The Morgan fingerprint density at radius 2 is 1.88 bits per heavy atom. The number of hydrogen-bond donors (Lipinski definition) is 0. The van der Waals surface area contributed by atoms with Crippen molar-refractivity contribution in [1.29, 1.82) is 0 Å². The summed E-state index contributed by atoms with van der Waals surface area (Å²) in [5, 5.41) is 11.9. The molecule has 16 heavy (non-hydrogen) atoms. The summed E-state index contributed by atoms with van der Waals surface area (Å²) in [5.41, 5.74) is 0.0670. The number of rotatable bonds is 1. The van der Waals surface area contributed by atoms with Crippen molar-refractivity contribution in [3.05, 3.63) is 46.6 Å². The van der Waals surface area contributed by atoms with Gasteiger partial charge in [-0.1, -0.05) is 30.3 Å². The molecule has 0 N–H and O–H groups in total. The third-order valence-corrected chi connectivity index (χ3v) is 2.50. The highest BCUT2D eigenvalue weighted by Crippen LogP contribution is 2.19. The van der Waals surface area contributed by atoms with Gasteiger partial charge in [0.15, 0.2) is 5.88 Å². The summed E-state index contributed by atoms with van der Waals surface area (Å²) in [5.74, 6) is -0.0327. The number of nitrogens with zero attached hydrogens (tertiary/aromatic N) is 1. The lowest BCUT2D eigenvalue weighted by Gasteiger charge is -2.09. The van der Waals surface area contributed by atoms with Gasteiger partial charge in [0.25, 0.3) is 0 Å². The number of hydrogen-bond acceptors (Lipinski definition) is 3. The largest absolute Gasteiger partial charge is 0.822 e. The van der Waals surface area contributed by atoms with Gasteiger partial charge in [0, 0.05) is 0 Å². The number of aryl methyl sites for hydroxylation is 1. The molecule has 82 valence electrons. The zero-order valence-corrected chi connectivity index (χ0v) is 9.06. The lowest BCUT2D eigenvalue weighted by atomic mass is 10.1. The molecule has 1 aromatic heterocycles. The van der Waals surface area contributed by atoms with E-state index in [1.54, 1.807) is 38.2 Å². The molecule has 0 atom stereocenters. The van der Waals surface area contributed by atoms with Crippen molar-refractivity contribution in [3.63, 3.8) is 0 Å². The minimum atomic E-state index is -0.591. The molecule has 2 aromatic rings. The lowest BCUT2D eigenvalue weighted by Crippen LogP contribution is -2.39. The second-order valence-corrected chi connectivity index (χ2v) is 3.51. The molecule has 0 aliphatic carbocycles. The first-order chi connectivity index (χ1) is 7.61. The van der Waals surface area contributed by atoms with Gasteiger partial charge >= 0.3 is 11.5 Å². The quantitative estimate of drug-likeness (QED) is 0.654. The van der Waals surface area contributed by atoms with Gasteiger partial charge in [-0.15, -0.1) is 0 Å². The fraction of sp³-hybridized carbons (Fsp3) is 0.167. The van der Waals surface area contributed by atoms with Crippen LogP contribution < -0.4 is 15.3 Å². The fourth-order valence-electron chi connectivity index (χ4n) is 1.50. The zero-order chi connectivity index (χ0) is 11.7. The maximum absolute atomic E-state index is 11.9. The van der Waals surface area contributed by atoms with E-state index in [4.69, 9.17) is 4.42 Å². The van der Waals surface area contributed by atoms with E-state index in [9.17, 15) is 9.90 Å². The molecule has 0 aliphatic rings. The summed E-state index contributed by atoms with van der Waals surface area (Å²) in [6.45, 7) is 1.58. The summed E-state index contributed by atoms with van der Waals surface area (Å²) in [7, 11) is 1.58. The maximum Gasteiger partial charge on any atom is 0.353 e. The van der Waals surface area contributed by atoms with E-state index in [1.165, 1.54) is 4.57 Å². The Morgan fingerprint density at radius 3 is 2.50 bits per heavy atom. The minimum absolute atomic E-state index is 0.0775. The average Bonchev–Trinajstić information content (AvgIpc) is 2.28. The fourth-order valence-corrected chi connectivity index (χ4v) is 1.50. The van der Waals surface area contributed by atoms with E-state index in [2.05, 4.69) is 0 Å². The Morgan fingerprint density at radius 1 is 1.25 bits per heavy atom. The Bertz CT molecular complexity index is 573. The van der Waals surface area contributed by atoms with Crippen molar-refractivity contribution < 1.29 is 14.1 Å². The van der Waals surface area contributed by atoms with Crippen LogP contribution >= 0.6 is 0 Å². The Labute approximate surface area is 92.4 Å². The van der Waals surface area contributed by atoms with Crippen LogP contribution in [-0.4, -0.2) is 0 Å². The molecule has 1 aromatic carbocycles. The van der Waals surface area contributed by atoms with Gasteiger partial charge in [0.2, 0.25) is 0 Å². The predicted molar refractivity (Wildman–Crippen MR) is 55.8 cm³/mol. The highest BCUT2D eigenvalue weighted by atomic mass is 16.4. The van der Waals surface area contributed by atoms with Crippen LogP contribution in [0.4, 0.5) is 0 Å². The molecule has 1 heterocycles. The van der Waals surface area contributed by atoms with Crippen molar-refractivity contribution >= 4 is 0 Å². The summed E-state index contributed by atoms with van der Waals surface area (Å²) in [4.78, 5) is 11.6. The average molecular weight is 217 g/mol. The van der Waals surface area contributed by atoms with Gasteiger partial charge in [0.1, 0.15) is 12.6 Å². The van der Waals surface area contributed by atoms with Crippen LogP contribution in [0.3, 0.4) is 0 Å². The van der Waals surface area contributed by atoms with Crippen LogP contribution in [0.25, 0.3) is 11.1 Å². The highest BCUT2D eigenvalue weighted by Gasteiger charge is 2.16. The molecule has 2 rings (SSSR count). The molecule has 0 spiro atoms. The molecule has 0 fully saturated rings. The Kier molecular flexibility index (Phi) is 2.48. The first-order valence-electron chi connectivity index (χ1n) is 4.87. The number of benzene rings is 1. The van der Waals surface area contributed by atoms with Crippen LogP contribution in [0.5, 0.6) is 5.88 Å². The van der Waals surface area contributed by atoms with Gasteiger partial charge in [-0.3, -0.25) is 0 Å². The first-order valence-corrected chi connectivity index (χ1v) is 4.87.